The summed E-state index contributed by atoms with van der Waals surface area (Å²) in [6.45, 7) is 2.49. The number of anilines is 1. The summed E-state index contributed by atoms with van der Waals surface area (Å²) in [5, 5.41) is 11.9. The van der Waals surface area contributed by atoms with E-state index in [1.165, 1.54) is 121 Å². The summed E-state index contributed by atoms with van der Waals surface area (Å²) < 4.78 is 13.5. The number of piperidine rings is 1. The maximum atomic E-state index is 9.40. The Morgan fingerprint density at radius 1 is 0.660 bits per heavy atom. The van der Waals surface area contributed by atoms with Crippen molar-refractivity contribution >= 4 is 22.5 Å². The monoisotopic (exact) mass is 701 g/mol. The van der Waals surface area contributed by atoms with Crippen molar-refractivity contribution in [3.05, 3.63) is 131 Å². The molecular weight excluding hydrogens is 651 g/mol. The summed E-state index contributed by atoms with van der Waals surface area (Å²) >= 11 is 0. The number of nitrogens with zero attached hydrogens (tertiary/aromatic N) is 1. The molecule has 53 heavy (non-hydrogen) atoms. The molecule has 2 spiro atoms. The lowest BCUT2D eigenvalue weighted by Crippen LogP contribution is -2.39. The molecule has 0 bridgehead atoms. The fourth-order valence-corrected chi connectivity index (χ4v) is 11.2. The van der Waals surface area contributed by atoms with Crippen LogP contribution in [0.2, 0.25) is 0 Å². The highest BCUT2D eigenvalue weighted by Crippen LogP contribution is 2.65. The molecule has 5 aromatic rings. The van der Waals surface area contributed by atoms with Gasteiger partial charge < -0.3 is 19.5 Å². The van der Waals surface area contributed by atoms with E-state index in [0.717, 1.165) is 35.7 Å². The Bertz CT molecular complexity index is 2160. The molecule has 4 nitrogen and oxygen atoms in total. The zero-order valence-electron chi connectivity index (χ0n) is 30.9. The highest BCUT2D eigenvalue weighted by atomic mass is 16.5. The molecule has 1 saturated heterocycles. The van der Waals surface area contributed by atoms with Gasteiger partial charge in [-0.1, -0.05) is 98.1 Å². The Balaban J connectivity index is 1.15. The first-order valence-electron chi connectivity index (χ1n) is 20.4. The number of fused-ring (bicyclic) bond motifs is 10. The predicted octanol–water partition coefficient (Wildman–Crippen LogP) is 11.3. The summed E-state index contributed by atoms with van der Waals surface area (Å²) in [5.41, 5.74) is 10.2. The van der Waals surface area contributed by atoms with Gasteiger partial charge in [-0.15, -0.1) is 0 Å². The maximum absolute atomic E-state index is 9.40. The lowest BCUT2D eigenvalue weighted by molar-refractivity contribution is 0.0948. The maximum Gasteiger partial charge on any atom is 0.178 e. The molecule has 3 aliphatic carbocycles. The zero-order chi connectivity index (χ0) is 35.5. The molecular formula is C49H51NO3. The van der Waals surface area contributed by atoms with Crippen LogP contribution in [0.4, 0.5) is 5.69 Å². The number of aliphatic hydroxyl groups is 1. The van der Waals surface area contributed by atoms with Crippen LogP contribution in [-0.2, 0) is 11.0 Å². The van der Waals surface area contributed by atoms with Gasteiger partial charge in [-0.2, -0.15) is 0 Å². The number of benzene rings is 5. The fourth-order valence-electron chi connectivity index (χ4n) is 11.2. The smallest absolute Gasteiger partial charge is 0.178 e. The minimum Gasteiger partial charge on any atom is -0.491 e. The van der Waals surface area contributed by atoms with Crippen molar-refractivity contribution < 1.29 is 14.6 Å². The molecule has 2 saturated carbocycles. The number of hydrogen-bond donors (Lipinski definition) is 1. The van der Waals surface area contributed by atoms with Crippen molar-refractivity contribution in [2.45, 2.75) is 88.1 Å². The minimum atomic E-state index is -0.836. The van der Waals surface area contributed by atoms with Crippen LogP contribution in [0, 0.1) is 5.41 Å². The van der Waals surface area contributed by atoms with Gasteiger partial charge in [0.1, 0.15) is 18.1 Å². The first-order chi connectivity index (χ1) is 26.1. The van der Waals surface area contributed by atoms with Gasteiger partial charge in [-0.05, 0) is 121 Å². The van der Waals surface area contributed by atoms with Gasteiger partial charge in [0.25, 0.3) is 0 Å². The van der Waals surface area contributed by atoms with Gasteiger partial charge in [0, 0.05) is 46.3 Å². The average Bonchev–Trinajstić information content (AvgIpc) is 3.52. The number of ether oxygens (including phenoxy) is 2. The largest absolute Gasteiger partial charge is 0.491 e. The Kier molecular flexibility index (Phi) is 8.17. The van der Waals surface area contributed by atoms with E-state index in [4.69, 9.17) is 9.47 Å². The van der Waals surface area contributed by atoms with Crippen LogP contribution in [0.5, 0.6) is 11.5 Å². The van der Waals surface area contributed by atoms with E-state index in [9.17, 15) is 5.11 Å². The molecule has 1 N–H and O–H groups in total. The third-order valence-electron chi connectivity index (χ3n) is 13.9. The quantitative estimate of drug-likeness (QED) is 0.191. The molecule has 5 aromatic carbocycles. The number of hydrogen-bond acceptors (Lipinski definition) is 4. The van der Waals surface area contributed by atoms with Crippen LogP contribution in [0.1, 0.15) is 105 Å². The first-order valence-corrected chi connectivity index (χ1v) is 20.4. The van der Waals surface area contributed by atoms with Gasteiger partial charge >= 0.3 is 0 Å². The molecule has 1 unspecified atom stereocenters. The van der Waals surface area contributed by atoms with E-state index in [1.54, 1.807) is 0 Å². The second-order valence-corrected chi connectivity index (χ2v) is 16.6. The van der Waals surface area contributed by atoms with E-state index in [-0.39, 0.29) is 18.6 Å². The van der Waals surface area contributed by atoms with Gasteiger partial charge in [0.15, 0.2) is 5.60 Å². The molecule has 0 radical (unpaired) electrons. The lowest BCUT2D eigenvalue weighted by Gasteiger charge is -2.48. The Labute approximate surface area is 314 Å². The van der Waals surface area contributed by atoms with Crippen molar-refractivity contribution in [3.63, 3.8) is 0 Å². The SMILES string of the molecule is OCCOc1ccc(C2(c3ccc(N4CCCCC4)cc3)C=Cc3c4c(c5ccccc5c3O2)-c2ccccc2C42CCC3(CCCCC3)CC2)cc1. The predicted molar refractivity (Wildman–Crippen MR) is 216 cm³/mol. The van der Waals surface area contributed by atoms with Crippen LogP contribution in [-0.4, -0.2) is 31.4 Å². The van der Waals surface area contributed by atoms with E-state index in [1.807, 2.05) is 12.1 Å². The normalized spacial score (nSPS) is 22.3. The summed E-state index contributed by atoms with van der Waals surface area (Å²) in [6, 6.07) is 35.8. The van der Waals surface area contributed by atoms with E-state index >= 15 is 0 Å². The summed E-state index contributed by atoms with van der Waals surface area (Å²) in [6.07, 6.45) is 20.6. The standard InChI is InChI=1S/C49H51NO3/c51-33-34-52-38-21-17-36(18-22-38)49(35-15-19-37(20-16-35)50-31-9-2-10-32-50)26-23-42-45-44(39-11-3-4-12-40(39)46(42)53-49)41-13-5-6-14-43(41)48(45)29-27-47(28-30-48)24-7-1-8-25-47/h3-6,11-23,26,51H,1-2,7-10,24-25,27-34H2. The van der Waals surface area contributed by atoms with Gasteiger partial charge in [-0.25, -0.2) is 0 Å². The van der Waals surface area contributed by atoms with Gasteiger partial charge in [0.2, 0.25) is 0 Å². The second kappa shape index (κ2) is 13.1. The fraction of sp³-hybridized carbons (Fsp3) is 0.388. The molecule has 2 aliphatic heterocycles. The van der Waals surface area contributed by atoms with Crippen LogP contribution >= 0.6 is 0 Å². The third-order valence-corrected chi connectivity index (χ3v) is 13.9. The Hall–Kier alpha value is -4.54. The topological polar surface area (TPSA) is 41.9 Å². The summed E-state index contributed by atoms with van der Waals surface area (Å²) in [7, 11) is 0. The summed E-state index contributed by atoms with van der Waals surface area (Å²) in [5.74, 6) is 1.74. The molecule has 0 aromatic heterocycles. The molecule has 3 fully saturated rings. The van der Waals surface area contributed by atoms with Crippen LogP contribution < -0.4 is 14.4 Å². The van der Waals surface area contributed by atoms with Crippen LogP contribution in [0.15, 0.2) is 103 Å². The third kappa shape index (κ3) is 5.27. The highest BCUT2D eigenvalue weighted by molar-refractivity contribution is 6.08. The number of aliphatic hydroxyl groups excluding tert-OH is 1. The molecule has 5 aliphatic rings. The minimum absolute atomic E-state index is 0.0125. The second-order valence-electron chi connectivity index (χ2n) is 16.6. The van der Waals surface area contributed by atoms with E-state index in [0.29, 0.717) is 5.41 Å². The van der Waals surface area contributed by atoms with Crippen LogP contribution in [0.3, 0.4) is 0 Å². The average molecular weight is 702 g/mol. The van der Waals surface area contributed by atoms with Crippen molar-refractivity contribution in [2.24, 2.45) is 5.41 Å². The Morgan fingerprint density at radius 2 is 1.32 bits per heavy atom. The number of rotatable bonds is 6. The van der Waals surface area contributed by atoms with E-state index in [2.05, 4.69) is 102 Å². The molecule has 10 rings (SSSR count). The van der Waals surface area contributed by atoms with Gasteiger partial charge in [-0.3, -0.25) is 0 Å². The first kappa shape index (κ1) is 33.1. The van der Waals surface area contributed by atoms with Crippen LogP contribution in [0.25, 0.3) is 28.0 Å². The highest BCUT2D eigenvalue weighted by Gasteiger charge is 2.52. The molecule has 0 amide bonds. The molecule has 2 heterocycles. The molecule has 4 heteroatoms. The van der Waals surface area contributed by atoms with Crippen molar-refractivity contribution in [3.8, 4) is 22.6 Å². The van der Waals surface area contributed by atoms with Crippen molar-refractivity contribution in [1.29, 1.82) is 0 Å². The van der Waals surface area contributed by atoms with E-state index < -0.39 is 5.60 Å². The van der Waals surface area contributed by atoms with Crippen molar-refractivity contribution in [2.75, 3.05) is 31.2 Å². The summed E-state index contributed by atoms with van der Waals surface area (Å²) in [4.78, 5) is 2.52. The molecule has 270 valence electrons. The van der Waals surface area contributed by atoms with Gasteiger partial charge in [0.05, 0.1) is 6.61 Å². The Morgan fingerprint density at radius 3 is 2.06 bits per heavy atom. The lowest BCUT2D eigenvalue weighted by atomic mass is 9.56. The van der Waals surface area contributed by atoms with Crippen molar-refractivity contribution in [1.82, 2.24) is 0 Å². The molecule has 1 atom stereocenters. The zero-order valence-corrected chi connectivity index (χ0v) is 30.9.